The maximum absolute atomic E-state index is 11.8. The predicted molar refractivity (Wildman–Crippen MR) is 95.1 cm³/mol. The second-order valence-corrected chi connectivity index (χ2v) is 5.28. The molecule has 1 amide bonds. The number of carbonyl (C=O) groups excluding carboxylic acids is 2. The number of nitrogens with one attached hydrogen (secondary N) is 1. The molecule has 0 unspecified atom stereocenters. The Morgan fingerprint density at radius 3 is 1.89 bits per heavy atom. The Bertz CT molecular complexity index is 561. The van der Waals surface area contributed by atoms with E-state index in [-0.39, 0.29) is 19.1 Å². The van der Waals surface area contributed by atoms with Gasteiger partial charge < -0.3 is 29.4 Å². The number of aldehydes is 1. The molecule has 9 heteroatoms. The third-order valence-corrected chi connectivity index (χ3v) is 3.18. The Balaban J connectivity index is 1.88. The molecule has 0 saturated heterocycles. The van der Waals surface area contributed by atoms with Gasteiger partial charge in [-0.3, -0.25) is 9.59 Å². The van der Waals surface area contributed by atoms with Crippen molar-refractivity contribution in [2.45, 2.75) is 0 Å². The van der Waals surface area contributed by atoms with E-state index in [2.05, 4.69) is 5.32 Å². The van der Waals surface area contributed by atoms with Crippen molar-refractivity contribution in [2.24, 2.45) is 0 Å². The second kappa shape index (κ2) is 14.8. The molecule has 1 rings (SSSR count). The van der Waals surface area contributed by atoms with Crippen LogP contribution in [0.25, 0.3) is 0 Å². The number of amides is 1. The molecule has 0 heterocycles. The van der Waals surface area contributed by atoms with Gasteiger partial charge in [0.1, 0.15) is 12.9 Å². The van der Waals surface area contributed by atoms with E-state index in [1.807, 2.05) is 0 Å². The van der Waals surface area contributed by atoms with Gasteiger partial charge in [-0.1, -0.05) is 12.1 Å². The van der Waals surface area contributed by atoms with Crippen molar-refractivity contribution in [1.82, 2.24) is 5.32 Å². The Kier molecular flexibility index (Phi) is 12.4. The van der Waals surface area contributed by atoms with Crippen LogP contribution in [0.4, 0.5) is 0 Å². The average molecular weight is 383 g/mol. The minimum absolute atomic E-state index is 0.225. The molecular formula is C18H25NO8. The third-order valence-electron chi connectivity index (χ3n) is 3.18. The summed E-state index contributed by atoms with van der Waals surface area (Å²) in [7, 11) is 0. The molecule has 0 atom stereocenters. The van der Waals surface area contributed by atoms with Gasteiger partial charge in [-0.15, -0.1) is 0 Å². The van der Waals surface area contributed by atoms with Crippen LogP contribution in [0.2, 0.25) is 0 Å². The summed E-state index contributed by atoms with van der Waals surface area (Å²) in [5.74, 6) is -1.23. The van der Waals surface area contributed by atoms with E-state index in [0.29, 0.717) is 57.3 Å². The van der Waals surface area contributed by atoms with E-state index in [1.165, 1.54) is 0 Å². The van der Waals surface area contributed by atoms with Crippen LogP contribution in [0, 0.1) is 0 Å². The fourth-order valence-corrected chi connectivity index (χ4v) is 1.87. The highest BCUT2D eigenvalue weighted by atomic mass is 16.6. The van der Waals surface area contributed by atoms with Crippen LogP contribution < -0.4 is 5.32 Å². The standard InChI is InChI=1S/C18H25NO8/c20-13-15-1-3-16(4-2-15)18(23)19-5-6-24-7-8-25-9-10-26-11-12-27-14-17(21)22/h1-4,13H,5-12,14H2,(H,19,23)(H,21,22). The first-order valence-corrected chi connectivity index (χ1v) is 8.49. The largest absolute Gasteiger partial charge is 0.480 e. The maximum Gasteiger partial charge on any atom is 0.329 e. The van der Waals surface area contributed by atoms with E-state index >= 15 is 0 Å². The Morgan fingerprint density at radius 2 is 1.37 bits per heavy atom. The van der Waals surface area contributed by atoms with Gasteiger partial charge in [0.15, 0.2) is 0 Å². The first kappa shape index (κ1) is 22.7. The van der Waals surface area contributed by atoms with Crippen LogP contribution in [0.1, 0.15) is 20.7 Å². The summed E-state index contributed by atoms with van der Waals surface area (Å²) in [4.78, 5) is 32.6. The molecule has 0 fully saturated rings. The lowest BCUT2D eigenvalue weighted by atomic mass is 10.1. The van der Waals surface area contributed by atoms with Crippen LogP contribution in [-0.4, -0.2) is 82.7 Å². The molecule has 2 N–H and O–H groups in total. The SMILES string of the molecule is O=Cc1ccc(C(=O)NCCOCCOCCOCCOCC(=O)O)cc1. The second-order valence-electron chi connectivity index (χ2n) is 5.28. The molecule has 27 heavy (non-hydrogen) atoms. The highest BCUT2D eigenvalue weighted by molar-refractivity contribution is 5.94. The molecular weight excluding hydrogens is 358 g/mol. The highest BCUT2D eigenvalue weighted by Gasteiger charge is 2.04. The van der Waals surface area contributed by atoms with Gasteiger partial charge in [-0.2, -0.15) is 0 Å². The summed E-state index contributed by atoms with van der Waals surface area (Å²) in [5, 5.41) is 11.1. The van der Waals surface area contributed by atoms with Crippen LogP contribution >= 0.6 is 0 Å². The number of carboxylic acid groups (broad SMARTS) is 1. The lowest BCUT2D eigenvalue weighted by Gasteiger charge is -2.08. The Hall–Kier alpha value is -2.33. The topological polar surface area (TPSA) is 120 Å². The third kappa shape index (κ3) is 11.8. The van der Waals surface area contributed by atoms with E-state index in [0.717, 1.165) is 6.29 Å². The van der Waals surface area contributed by atoms with Gasteiger partial charge in [0, 0.05) is 17.7 Å². The summed E-state index contributed by atoms with van der Waals surface area (Å²) in [5.41, 5.74) is 1.00. The van der Waals surface area contributed by atoms with E-state index in [9.17, 15) is 14.4 Å². The van der Waals surface area contributed by atoms with Crippen molar-refractivity contribution in [3.63, 3.8) is 0 Å². The van der Waals surface area contributed by atoms with Crippen LogP contribution in [0.5, 0.6) is 0 Å². The lowest BCUT2D eigenvalue weighted by molar-refractivity contribution is -0.142. The van der Waals surface area contributed by atoms with Gasteiger partial charge in [-0.25, -0.2) is 4.79 Å². The molecule has 150 valence electrons. The summed E-state index contributed by atoms with van der Waals surface area (Å²) in [6.07, 6.45) is 0.723. The van der Waals surface area contributed by atoms with Crippen molar-refractivity contribution in [3.05, 3.63) is 35.4 Å². The van der Waals surface area contributed by atoms with Crippen molar-refractivity contribution in [3.8, 4) is 0 Å². The molecule has 0 aromatic heterocycles. The maximum atomic E-state index is 11.8. The van der Waals surface area contributed by atoms with E-state index in [1.54, 1.807) is 24.3 Å². The molecule has 0 aliphatic heterocycles. The zero-order valence-corrected chi connectivity index (χ0v) is 15.1. The van der Waals surface area contributed by atoms with Crippen LogP contribution in [0.3, 0.4) is 0 Å². The molecule has 0 bridgehead atoms. The highest BCUT2D eigenvalue weighted by Crippen LogP contribution is 2.02. The average Bonchev–Trinajstić information content (AvgIpc) is 2.67. The number of benzene rings is 1. The summed E-state index contributed by atoms with van der Waals surface area (Å²) in [6.45, 7) is 2.51. The molecule has 0 radical (unpaired) electrons. The summed E-state index contributed by atoms with van der Waals surface area (Å²) >= 11 is 0. The Labute approximate surface area is 157 Å². The van der Waals surface area contributed by atoms with Crippen LogP contribution in [-0.2, 0) is 23.7 Å². The van der Waals surface area contributed by atoms with Gasteiger partial charge in [0.2, 0.25) is 0 Å². The number of aliphatic carboxylic acids is 1. The first-order chi connectivity index (χ1) is 13.1. The van der Waals surface area contributed by atoms with Gasteiger partial charge >= 0.3 is 5.97 Å². The van der Waals surface area contributed by atoms with Gasteiger partial charge in [0.25, 0.3) is 5.91 Å². The van der Waals surface area contributed by atoms with Crippen molar-refractivity contribution < 1.29 is 38.4 Å². The monoisotopic (exact) mass is 383 g/mol. The number of rotatable bonds is 16. The molecule has 9 nitrogen and oxygen atoms in total. The summed E-state index contributed by atoms with van der Waals surface area (Å²) < 4.78 is 20.6. The Morgan fingerprint density at radius 1 is 0.852 bits per heavy atom. The zero-order valence-electron chi connectivity index (χ0n) is 15.1. The van der Waals surface area contributed by atoms with Crippen molar-refractivity contribution in [1.29, 1.82) is 0 Å². The minimum Gasteiger partial charge on any atom is -0.480 e. The number of carbonyl (C=O) groups is 3. The molecule has 0 spiro atoms. The summed E-state index contributed by atoms with van der Waals surface area (Å²) in [6, 6.07) is 6.35. The first-order valence-electron chi connectivity index (χ1n) is 8.49. The number of hydrogen-bond donors (Lipinski definition) is 2. The number of carboxylic acids is 1. The normalized spacial score (nSPS) is 10.5. The van der Waals surface area contributed by atoms with Crippen LogP contribution in [0.15, 0.2) is 24.3 Å². The smallest absolute Gasteiger partial charge is 0.329 e. The number of ether oxygens (including phenoxy) is 4. The lowest BCUT2D eigenvalue weighted by Crippen LogP contribution is -2.27. The number of hydrogen-bond acceptors (Lipinski definition) is 7. The van der Waals surface area contributed by atoms with E-state index < -0.39 is 5.97 Å². The molecule has 0 aliphatic carbocycles. The zero-order chi connectivity index (χ0) is 19.7. The molecule has 0 saturated carbocycles. The van der Waals surface area contributed by atoms with Crippen molar-refractivity contribution in [2.75, 3.05) is 59.4 Å². The van der Waals surface area contributed by atoms with Gasteiger partial charge in [-0.05, 0) is 12.1 Å². The fraction of sp³-hybridized carbons (Fsp3) is 0.500. The van der Waals surface area contributed by atoms with E-state index in [4.69, 9.17) is 24.1 Å². The molecule has 0 aliphatic rings. The van der Waals surface area contributed by atoms with Gasteiger partial charge in [0.05, 0.1) is 46.2 Å². The fourth-order valence-electron chi connectivity index (χ4n) is 1.87. The quantitative estimate of drug-likeness (QED) is 0.310. The predicted octanol–water partition coefficient (Wildman–Crippen LogP) is 0.380. The molecule has 1 aromatic rings. The molecule has 1 aromatic carbocycles. The van der Waals surface area contributed by atoms with Crippen molar-refractivity contribution >= 4 is 18.2 Å². The minimum atomic E-state index is -1.01.